The standard InChI is InChI=1S/C46H31NO/c1-3-10-32(11-4-1)33-18-20-34(21-19-33)35-22-27-39(28-23-35)47(38-13-5-2-6-14-38)40-29-24-37(25-30-40)42-16-9-17-43-44-31-26-36-12-7-8-15-41(36)46(44)48-45(42)43/h1-31H. The molecule has 1 aromatic heterocycles. The molecule has 0 fully saturated rings. The van der Waals surface area contributed by atoms with Crippen molar-refractivity contribution in [3.8, 4) is 33.4 Å². The first-order valence-electron chi connectivity index (χ1n) is 16.3. The van der Waals surface area contributed by atoms with Crippen LogP contribution < -0.4 is 4.90 Å². The van der Waals surface area contributed by atoms with Gasteiger partial charge in [0.2, 0.25) is 0 Å². The Morgan fingerprint density at radius 2 is 0.771 bits per heavy atom. The maximum atomic E-state index is 6.63. The molecule has 8 aromatic carbocycles. The predicted octanol–water partition coefficient (Wildman–Crippen LogP) is 13.2. The molecule has 0 aliphatic carbocycles. The summed E-state index contributed by atoms with van der Waals surface area (Å²) >= 11 is 0. The molecule has 0 spiro atoms. The Balaban J connectivity index is 1.06. The first-order valence-corrected chi connectivity index (χ1v) is 16.3. The summed E-state index contributed by atoms with van der Waals surface area (Å²) in [5.41, 5.74) is 12.2. The lowest BCUT2D eigenvalue weighted by atomic mass is 10.00. The minimum absolute atomic E-state index is 0.920. The number of hydrogen-bond acceptors (Lipinski definition) is 2. The second-order valence-electron chi connectivity index (χ2n) is 12.2. The zero-order chi connectivity index (χ0) is 31.9. The second kappa shape index (κ2) is 11.8. The summed E-state index contributed by atoms with van der Waals surface area (Å²) in [7, 11) is 0. The van der Waals surface area contributed by atoms with Crippen LogP contribution in [0.3, 0.4) is 0 Å². The van der Waals surface area contributed by atoms with Gasteiger partial charge in [-0.25, -0.2) is 0 Å². The highest BCUT2D eigenvalue weighted by molar-refractivity contribution is 6.17. The predicted molar refractivity (Wildman–Crippen MR) is 202 cm³/mol. The lowest BCUT2D eigenvalue weighted by Crippen LogP contribution is -2.09. The van der Waals surface area contributed by atoms with Crippen LogP contribution in [0.15, 0.2) is 192 Å². The Kier molecular flexibility index (Phi) is 6.84. The maximum Gasteiger partial charge on any atom is 0.143 e. The van der Waals surface area contributed by atoms with Gasteiger partial charge in [0.25, 0.3) is 0 Å². The Bertz CT molecular complexity index is 2510. The monoisotopic (exact) mass is 613 g/mol. The Morgan fingerprint density at radius 3 is 1.44 bits per heavy atom. The number of benzene rings is 8. The summed E-state index contributed by atoms with van der Waals surface area (Å²) in [4.78, 5) is 2.31. The van der Waals surface area contributed by atoms with E-state index in [-0.39, 0.29) is 0 Å². The van der Waals surface area contributed by atoms with Gasteiger partial charge in [0, 0.05) is 38.8 Å². The van der Waals surface area contributed by atoms with Gasteiger partial charge < -0.3 is 9.32 Å². The van der Waals surface area contributed by atoms with Crippen LogP contribution in [0.2, 0.25) is 0 Å². The van der Waals surface area contributed by atoms with E-state index in [2.05, 4.69) is 193 Å². The van der Waals surface area contributed by atoms with Crippen LogP contribution >= 0.6 is 0 Å². The van der Waals surface area contributed by atoms with E-state index < -0.39 is 0 Å². The molecule has 226 valence electrons. The van der Waals surface area contributed by atoms with Crippen molar-refractivity contribution in [2.45, 2.75) is 0 Å². The number of anilines is 3. The molecule has 0 saturated carbocycles. The molecule has 0 aliphatic rings. The highest BCUT2D eigenvalue weighted by Crippen LogP contribution is 2.41. The first-order chi connectivity index (χ1) is 23.8. The second-order valence-corrected chi connectivity index (χ2v) is 12.2. The summed E-state index contributed by atoms with van der Waals surface area (Å²) in [6.45, 7) is 0. The summed E-state index contributed by atoms with van der Waals surface area (Å²) in [6, 6.07) is 66.7. The van der Waals surface area contributed by atoms with Gasteiger partial charge in [0.1, 0.15) is 11.2 Å². The maximum absolute atomic E-state index is 6.63. The third kappa shape index (κ3) is 4.92. The molecule has 0 N–H and O–H groups in total. The molecule has 0 atom stereocenters. The lowest BCUT2D eigenvalue weighted by molar-refractivity contribution is 0.674. The summed E-state index contributed by atoms with van der Waals surface area (Å²) in [5, 5.41) is 4.61. The van der Waals surface area contributed by atoms with Crippen LogP contribution in [0.1, 0.15) is 0 Å². The van der Waals surface area contributed by atoms with E-state index in [9.17, 15) is 0 Å². The Labute approximate surface area is 279 Å². The van der Waals surface area contributed by atoms with Gasteiger partial charge in [-0.05, 0) is 75.7 Å². The van der Waals surface area contributed by atoms with Gasteiger partial charge >= 0.3 is 0 Å². The zero-order valence-electron chi connectivity index (χ0n) is 26.3. The molecule has 9 rings (SSSR count). The number of hydrogen-bond donors (Lipinski definition) is 0. The fraction of sp³-hybridized carbons (Fsp3) is 0. The highest BCUT2D eigenvalue weighted by Gasteiger charge is 2.16. The lowest BCUT2D eigenvalue weighted by Gasteiger charge is -2.26. The molecular formula is C46H31NO. The zero-order valence-corrected chi connectivity index (χ0v) is 26.3. The van der Waals surface area contributed by atoms with Crippen molar-refractivity contribution in [1.82, 2.24) is 0 Å². The largest absolute Gasteiger partial charge is 0.455 e. The molecule has 2 heteroatoms. The van der Waals surface area contributed by atoms with Gasteiger partial charge in [0.15, 0.2) is 0 Å². The molecule has 48 heavy (non-hydrogen) atoms. The van der Waals surface area contributed by atoms with Crippen molar-refractivity contribution in [3.05, 3.63) is 188 Å². The van der Waals surface area contributed by atoms with E-state index >= 15 is 0 Å². The van der Waals surface area contributed by atoms with Crippen LogP contribution in [0.5, 0.6) is 0 Å². The van der Waals surface area contributed by atoms with Gasteiger partial charge in [-0.1, -0.05) is 146 Å². The fourth-order valence-corrected chi connectivity index (χ4v) is 6.86. The van der Waals surface area contributed by atoms with E-state index in [0.29, 0.717) is 0 Å². The Morgan fingerprint density at radius 1 is 0.292 bits per heavy atom. The number of furan rings is 1. The topological polar surface area (TPSA) is 16.4 Å². The molecule has 0 unspecified atom stereocenters. The van der Waals surface area contributed by atoms with Crippen molar-refractivity contribution in [3.63, 3.8) is 0 Å². The van der Waals surface area contributed by atoms with E-state index in [1.165, 1.54) is 27.6 Å². The quantitative estimate of drug-likeness (QED) is 0.185. The van der Waals surface area contributed by atoms with Gasteiger partial charge in [-0.15, -0.1) is 0 Å². The number of nitrogens with zero attached hydrogens (tertiary/aromatic N) is 1. The van der Waals surface area contributed by atoms with E-state index in [1.807, 2.05) is 0 Å². The molecule has 9 aromatic rings. The minimum atomic E-state index is 0.920. The van der Waals surface area contributed by atoms with Gasteiger partial charge in [-0.3, -0.25) is 0 Å². The molecule has 0 bridgehead atoms. The van der Waals surface area contributed by atoms with Crippen LogP contribution in [0, 0.1) is 0 Å². The normalized spacial score (nSPS) is 11.3. The van der Waals surface area contributed by atoms with Crippen molar-refractivity contribution in [1.29, 1.82) is 0 Å². The fourth-order valence-electron chi connectivity index (χ4n) is 6.86. The molecule has 0 aliphatic heterocycles. The SMILES string of the molecule is c1ccc(-c2ccc(-c3ccc(N(c4ccccc4)c4ccc(-c5cccc6c5oc5c7ccccc7ccc65)cc4)cc3)cc2)cc1. The molecular weight excluding hydrogens is 583 g/mol. The Hall–Kier alpha value is -6.38. The summed E-state index contributed by atoms with van der Waals surface area (Å²) in [6.07, 6.45) is 0. The summed E-state index contributed by atoms with van der Waals surface area (Å²) < 4.78 is 6.63. The van der Waals surface area contributed by atoms with Gasteiger partial charge in [0.05, 0.1) is 0 Å². The van der Waals surface area contributed by atoms with E-state index in [1.54, 1.807) is 0 Å². The summed E-state index contributed by atoms with van der Waals surface area (Å²) in [5.74, 6) is 0. The number of para-hydroxylation sites is 2. The minimum Gasteiger partial charge on any atom is -0.455 e. The van der Waals surface area contributed by atoms with Crippen molar-refractivity contribution in [2.24, 2.45) is 0 Å². The van der Waals surface area contributed by atoms with Crippen molar-refractivity contribution in [2.75, 3.05) is 4.90 Å². The van der Waals surface area contributed by atoms with Gasteiger partial charge in [-0.2, -0.15) is 0 Å². The third-order valence-electron chi connectivity index (χ3n) is 9.29. The smallest absolute Gasteiger partial charge is 0.143 e. The number of rotatable bonds is 6. The van der Waals surface area contributed by atoms with E-state index in [0.717, 1.165) is 55.5 Å². The molecule has 0 amide bonds. The van der Waals surface area contributed by atoms with Crippen LogP contribution in [0.4, 0.5) is 17.1 Å². The molecule has 0 radical (unpaired) electrons. The van der Waals surface area contributed by atoms with E-state index in [4.69, 9.17) is 4.42 Å². The van der Waals surface area contributed by atoms with Crippen molar-refractivity contribution >= 4 is 49.8 Å². The van der Waals surface area contributed by atoms with Crippen LogP contribution in [0.25, 0.3) is 66.1 Å². The molecule has 0 saturated heterocycles. The first kappa shape index (κ1) is 27.9. The molecule has 1 heterocycles. The number of fused-ring (bicyclic) bond motifs is 5. The van der Waals surface area contributed by atoms with Crippen LogP contribution in [-0.4, -0.2) is 0 Å². The van der Waals surface area contributed by atoms with Crippen molar-refractivity contribution < 1.29 is 4.42 Å². The van der Waals surface area contributed by atoms with Crippen LogP contribution in [-0.2, 0) is 0 Å². The molecule has 2 nitrogen and oxygen atoms in total. The highest BCUT2D eigenvalue weighted by atomic mass is 16.3. The average molecular weight is 614 g/mol. The third-order valence-corrected chi connectivity index (χ3v) is 9.29. The average Bonchev–Trinajstić information content (AvgIpc) is 3.56.